The maximum atomic E-state index is 13.7. The molecule has 0 unspecified atom stereocenters. The van der Waals surface area contributed by atoms with Gasteiger partial charge in [-0.25, -0.2) is 4.79 Å². The Labute approximate surface area is 311 Å². The van der Waals surface area contributed by atoms with E-state index in [0.717, 1.165) is 72.6 Å². The molecule has 10 heteroatoms. The van der Waals surface area contributed by atoms with Gasteiger partial charge in [-0.15, -0.1) is 0 Å². The molecule has 6 rings (SSSR count). The number of fused-ring (bicyclic) bond motifs is 1. The number of hydrogen-bond acceptors (Lipinski definition) is 8. The molecule has 2 heterocycles. The summed E-state index contributed by atoms with van der Waals surface area (Å²) in [6, 6.07) is 26.4. The van der Waals surface area contributed by atoms with E-state index in [0.29, 0.717) is 47.0 Å². The van der Waals surface area contributed by atoms with E-state index in [-0.39, 0.29) is 11.2 Å². The molecule has 1 aliphatic rings. The molecule has 2 amide bonds. The molecular weight excluding hydrogens is 668 g/mol. The quantitative estimate of drug-likeness (QED) is 0.116. The predicted octanol–water partition coefficient (Wildman–Crippen LogP) is 8.87. The highest BCUT2D eigenvalue weighted by atomic mass is 16.5. The Morgan fingerprint density at radius 2 is 1.60 bits per heavy atom. The summed E-state index contributed by atoms with van der Waals surface area (Å²) in [5.41, 5.74) is 4.08. The van der Waals surface area contributed by atoms with Gasteiger partial charge in [0.05, 0.1) is 44.4 Å². The van der Waals surface area contributed by atoms with Crippen molar-refractivity contribution in [1.82, 2.24) is 9.88 Å². The Balaban J connectivity index is 1.19. The summed E-state index contributed by atoms with van der Waals surface area (Å²) < 4.78 is 23.0. The number of carbonyl (C=O) groups excluding carboxylic acids is 2. The van der Waals surface area contributed by atoms with Crippen LogP contribution in [0.5, 0.6) is 23.0 Å². The minimum absolute atomic E-state index is 0.0205. The topological polar surface area (TPSA) is 111 Å². The molecule has 1 aromatic heterocycles. The third-order valence-electron chi connectivity index (χ3n) is 9.36. The molecule has 0 bridgehead atoms. The van der Waals surface area contributed by atoms with Gasteiger partial charge < -0.3 is 29.6 Å². The van der Waals surface area contributed by atoms with Crippen molar-refractivity contribution < 1.29 is 28.5 Å². The molecule has 4 aromatic carbocycles. The number of anilines is 2. The first-order chi connectivity index (χ1) is 25.6. The monoisotopic (exact) mass is 716 g/mol. The highest BCUT2D eigenvalue weighted by Gasteiger charge is 2.24. The summed E-state index contributed by atoms with van der Waals surface area (Å²) in [6.45, 7) is 10.3. The van der Waals surface area contributed by atoms with Gasteiger partial charge >= 0.3 is 6.03 Å². The predicted molar refractivity (Wildman–Crippen MR) is 209 cm³/mol. The van der Waals surface area contributed by atoms with Crippen molar-refractivity contribution in [3.8, 4) is 23.0 Å². The number of ketones is 1. The minimum atomic E-state index is -0.463. The lowest BCUT2D eigenvalue weighted by molar-refractivity contribution is 0.0371. The van der Waals surface area contributed by atoms with E-state index in [2.05, 4.69) is 41.3 Å². The summed E-state index contributed by atoms with van der Waals surface area (Å²) in [5, 5.41) is 7.63. The first-order valence-electron chi connectivity index (χ1n) is 18.0. The van der Waals surface area contributed by atoms with Crippen LogP contribution in [0.1, 0.15) is 60.8 Å². The number of rotatable bonds is 13. The number of pyridine rings is 1. The Bertz CT molecular complexity index is 2070. The number of nitrogens with one attached hydrogen (secondary N) is 2. The van der Waals surface area contributed by atoms with Crippen LogP contribution in [0.25, 0.3) is 10.8 Å². The minimum Gasteiger partial charge on any atom is -0.497 e. The second-order valence-corrected chi connectivity index (χ2v) is 14.2. The van der Waals surface area contributed by atoms with Crippen LogP contribution in [0.2, 0.25) is 0 Å². The van der Waals surface area contributed by atoms with E-state index >= 15 is 0 Å². The zero-order chi connectivity index (χ0) is 37.4. The first kappa shape index (κ1) is 37.3. The van der Waals surface area contributed by atoms with Gasteiger partial charge in [-0.3, -0.25) is 14.7 Å². The number of urea groups is 1. The highest BCUT2D eigenvalue weighted by Crippen LogP contribution is 2.38. The van der Waals surface area contributed by atoms with Crippen molar-refractivity contribution in [2.75, 3.05) is 57.7 Å². The van der Waals surface area contributed by atoms with Gasteiger partial charge in [0.15, 0.2) is 11.5 Å². The van der Waals surface area contributed by atoms with Crippen LogP contribution < -0.4 is 24.8 Å². The van der Waals surface area contributed by atoms with E-state index in [1.807, 2.05) is 84.9 Å². The Morgan fingerprint density at radius 1 is 0.830 bits per heavy atom. The van der Waals surface area contributed by atoms with Gasteiger partial charge in [-0.2, -0.15) is 0 Å². The van der Waals surface area contributed by atoms with E-state index in [4.69, 9.17) is 18.9 Å². The molecule has 0 atom stereocenters. The number of nitrogens with zero attached hydrogens (tertiary/aromatic N) is 2. The molecule has 0 aliphatic carbocycles. The van der Waals surface area contributed by atoms with Gasteiger partial charge in [0, 0.05) is 54.7 Å². The van der Waals surface area contributed by atoms with Crippen LogP contribution >= 0.6 is 0 Å². The molecule has 1 aliphatic heterocycles. The average Bonchev–Trinajstić information content (AvgIpc) is 3.15. The second kappa shape index (κ2) is 16.9. The maximum absolute atomic E-state index is 13.7. The third-order valence-corrected chi connectivity index (χ3v) is 9.36. The number of amides is 2. The molecular formula is C43H48N4O6. The maximum Gasteiger partial charge on any atom is 0.323 e. The number of carbonyl (C=O) groups is 2. The lowest BCUT2D eigenvalue weighted by Crippen LogP contribution is -2.36. The van der Waals surface area contributed by atoms with Crippen molar-refractivity contribution in [1.29, 1.82) is 0 Å². The molecule has 2 N–H and O–H groups in total. The number of Topliss-reactive ketones (excluding diaryl/α,β-unsaturated/α-hetero) is 1. The molecule has 276 valence electrons. The summed E-state index contributed by atoms with van der Waals surface area (Å²) >= 11 is 0. The summed E-state index contributed by atoms with van der Waals surface area (Å²) in [7, 11) is 3.18. The molecule has 5 aromatic rings. The van der Waals surface area contributed by atoms with E-state index < -0.39 is 6.03 Å². The standard InChI is InChI=1S/C43H48N4O6/c1-43(2,3)30-26-36(39(48)14-9-19-47-20-22-52-23-21-47)41(51-5)38(27-30)46-42(49)45-37-15-16-40(35-13-7-6-12-34(35)37)53-33-17-18-44-31(28-33)24-29-10-8-11-32(25-29)50-4/h6-8,10-13,15-18,25-28H,9,14,19-24H2,1-5H3,(H2,45,46,49). The molecule has 0 spiro atoms. The van der Waals surface area contributed by atoms with Crippen molar-refractivity contribution in [3.05, 3.63) is 114 Å². The van der Waals surface area contributed by atoms with Crippen LogP contribution in [0, 0.1) is 0 Å². The van der Waals surface area contributed by atoms with Crippen LogP contribution in [0.3, 0.4) is 0 Å². The normalized spacial score (nSPS) is 13.4. The molecule has 1 fully saturated rings. The van der Waals surface area contributed by atoms with Crippen molar-refractivity contribution >= 4 is 34.0 Å². The fourth-order valence-corrected chi connectivity index (χ4v) is 6.48. The fraction of sp³-hybridized carbons (Fsp3) is 0.326. The molecule has 53 heavy (non-hydrogen) atoms. The fourth-order valence-electron chi connectivity index (χ4n) is 6.48. The SMILES string of the molecule is COc1cccc(Cc2cc(Oc3ccc(NC(=O)Nc4cc(C(C)(C)C)cc(C(=O)CCCN5CCOCC5)c4OC)c4ccccc34)ccn2)c1. The Kier molecular flexibility index (Phi) is 11.9. The van der Waals surface area contributed by atoms with Gasteiger partial charge in [0.2, 0.25) is 0 Å². The Hall–Kier alpha value is -5.45. The smallest absolute Gasteiger partial charge is 0.323 e. The van der Waals surface area contributed by atoms with Crippen LogP contribution in [-0.2, 0) is 16.6 Å². The summed E-state index contributed by atoms with van der Waals surface area (Å²) in [4.78, 5) is 34.2. The summed E-state index contributed by atoms with van der Waals surface area (Å²) in [5.74, 6) is 2.42. The highest BCUT2D eigenvalue weighted by molar-refractivity contribution is 6.09. The van der Waals surface area contributed by atoms with Crippen LogP contribution in [0.4, 0.5) is 16.2 Å². The molecule has 1 saturated heterocycles. The van der Waals surface area contributed by atoms with Crippen molar-refractivity contribution in [2.24, 2.45) is 0 Å². The first-order valence-corrected chi connectivity index (χ1v) is 18.0. The van der Waals surface area contributed by atoms with Crippen LogP contribution in [-0.4, -0.2) is 68.8 Å². The number of aromatic nitrogens is 1. The lowest BCUT2D eigenvalue weighted by Gasteiger charge is -2.26. The van der Waals surface area contributed by atoms with Gasteiger partial charge in [-0.05, 0) is 72.0 Å². The zero-order valence-corrected chi connectivity index (χ0v) is 31.2. The number of ether oxygens (including phenoxy) is 4. The zero-order valence-electron chi connectivity index (χ0n) is 31.2. The van der Waals surface area contributed by atoms with Crippen LogP contribution in [0.15, 0.2) is 91.1 Å². The molecule has 0 saturated carbocycles. The van der Waals surface area contributed by atoms with Crippen molar-refractivity contribution in [3.63, 3.8) is 0 Å². The molecule has 0 radical (unpaired) electrons. The number of benzene rings is 4. The van der Waals surface area contributed by atoms with E-state index in [1.54, 1.807) is 13.3 Å². The number of hydrogen-bond donors (Lipinski definition) is 2. The van der Waals surface area contributed by atoms with Gasteiger partial charge in [0.25, 0.3) is 0 Å². The van der Waals surface area contributed by atoms with E-state index in [1.165, 1.54) is 7.11 Å². The number of morpholine rings is 1. The average molecular weight is 717 g/mol. The largest absolute Gasteiger partial charge is 0.497 e. The van der Waals surface area contributed by atoms with Crippen molar-refractivity contribution in [2.45, 2.75) is 45.4 Å². The Morgan fingerprint density at radius 3 is 2.36 bits per heavy atom. The lowest BCUT2D eigenvalue weighted by atomic mass is 9.84. The second-order valence-electron chi connectivity index (χ2n) is 14.2. The third kappa shape index (κ3) is 9.51. The summed E-state index contributed by atoms with van der Waals surface area (Å²) in [6.07, 6.45) is 3.46. The van der Waals surface area contributed by atoms with E-state index in [9.17, 15) is 9.59 Å². The van der Waals surface area contributed by atoms with Gasteiger partial charge in [0.1, 0.15) is 17.2 Å². The number of methoxy groups -OCH3 is 2. The van der Waals surface area contributed by atoms with Gasteiger partial charge in [-0.1, -0.05) is 57.2 Å². The molecule has 10 nitrogen and oxygen atoms in total.